The molecule has 0 N–H and O–H groups in total. The van der Waals surface area contributed by atoms with Crippen LogP contribution in [0.4, 0.5) is 4.79 Å². The third-order valence-electron chi connectivity index (χ3n) is 6.61. The molecule has 0 atom stereocenters. The van der Waals surface area contributed by atoms with Gasteiger partial charge in [-0.05, 0) is 30.7 Å². The molecule has 2 aliphatic rings. The Labute approximate surface area is 210 Å². The first-order chi connectivity index (χ1) is 16.7. The standard InChI is InChI=1S/C25H33N5O4S/c1-18-20(35-17-27-18)7-8-28-10-12-29(13-11-28)24(33)34-21-5-4-19(16-26-21)6-9-30-22(31)14-25(2,3)15-23(30)32/h4-5,16-17H,6-15H2,1-3H3. The van der Waals surface area contributed by atoms with Gasteiger partial charge in [0.15, 0.2) is 0 Å². The van der Waals surface area contributed by atoms with Crippen LogP contribution in [0.1, 0.15) is 42.8 Å². The number of carbonyl (C=O) groups is 3. The molecule has 0 saturated carbocycles. The van der Waals surface area contributed by atoms with Crippen molar-refractivity contribution in [2.75, 3.05) is 39.3 Å². The van der Waals surface area contributed by atoms with E-state index in [0.29, 0.717) is 38.9 Å². The predicted molar refractivity (Wildman–Crippen MR) is 132 cm³/mol. The Hall–Kier alpha value is -2.85. The van der Waals surface area contributed by atoms with Gasteiger partial charge < -0.3 is 9.64 Å². The number of hydrogen-bond acceptors (Lipinski definition) is 8. The summed E-state index contributed by atoms with van der Waals surface area (Å²) < 4.78 is 5.46. The Morgan fingerprint density at radius 2 is 1.74 bits per heavy atom. The van der Waals surface area contributed by atoms with Crippen molar-refractivity contribution in [2.24, 2.45) is 5.41 Å². The number of imide groups is 1. The molecular weight excluding hydrogens is 466 g/mol. The van der Waals surface area contributed by atoms with Crippen LogP contribution >= 0.6 is 11.3 Å². The molecule has 4 rings (SSSR count). The van der Waals surface area contributed by atoms with Crippen LogP contribution in [0.2, 0.25) is 0 Å². The highest BCUT2D eigenvalue weighted by molar-refractivity contribution is 7.09. The van der Waals surface area contributed by atoms with Crippen LogP contribution in [0, 0.1) is 12.3 Å². The molecule has 0 bridgehead atoms. The Bertz CT molecular complexity index is 1040. The zero-order valence-electron chi connectivity index (χ0n) is 20.7. The lowest BCUT2D eigenvalue weighted by Crippen LogP contribution is -2.49. The third kappa shape index (κ3) is 6.64. The lowest BCUT2D eigenvalue weighted by atomic mass is 9.81. The molecule has 10 heteroatoms. The van der Waals surface area contributed by atoms with Gasteiger partial charge in [-0.3, -0.25) is 19.4 Å². The highest BCUT2D eigenvalue weighted by Gasteiger charge is 2.37. The van der Waals surface area contributed by atoms with E-state index in [1.165, 1.54) is 9.78 Å². The van der Waals surface area contributed by atoms with Crippen molar-refractivity contribution < 1.29 is 19.1 Å². The Kier molecular flexibility index (Phi) is 7.81. The number of nitrogens with zero attached hydrogens (tertiary/aromatic N) is 5. The number of carbonyl (C=O) groups excluding carboxylic acids is 3. The van der Waals surface area contributed by atoms with Crippen molar-refractivity contribution in [1.82, 2.24) is 24.7 Å². The highest BCUT2D eigenvalue weighted by Crippen LogP contribution is 2.31. The van der Waals surface area contributed by atoms with E-state index in [1.807, 2.05) is 32.3 Å². The number of piperidine rings is 1. The summed E-state index contributed by atoms with van der Waals surface area (Å²) in [5, 5.41) is 0. The second kappa shape index (κ2) is 10.8. The van der Waals surface area contributed by atoms with Crippen LogP contribution < -0.4 is 4.74 Å². The minimum Gasteiger partial charge on any atom is -0.391 e. The summed E-state index contributed by atoms with van der Waals surface area (Å²) in [6.45, 7) is 10.1. The molecule has 35 heavy (non-hydrogen) atoms. The summed E-state index contributed by atoms with van der Waals surface area (Å²) in [6, 6.07) is 3.47. The summed E-state index contributed by atoms with van der Waals surface area (Å²) >= 11 is 1.69. The van der Waals surface area contributed by atoms with Gasteiger partial charge in [-0.1, -0.05) is 19.9 Å². The van der Waals surface area contributed by atoms with E-state index in [0.717, 1.165) is 37.3 Å². The lowest BCUT2D eigenvalue weighted by Gasteiger charge is -2.34. The molecular formula is C25H33N5O4S. The number of aryl methyl sites for hydroxylation is 1. The van der Waals surface area contributed by atoms with Crippen LogP contribution in [-0.4, -0.2) is 81.8 Å². The second-order valence-electron chi connectivity index (χ2n) is 10.0. The maximum absolute atomic E-state index is 12.6. The second-order valence-corrected chi connectivity index (χ2v) is 11.0. The number of hydrogen-bond donors (Lipinski definition) is 0. The molecule has 2 saturated heterocycles. The number of amides is 3. The van der Waals surface area contributed by atoms with E-state index in [2.05, 4.69) is 14.9 Å². The van der Waals surface area contributed by atoms with E-state index in [-0.39, 0.29) is 23.1 Å². The summed E-state index contributed by atoms with van der Waals surface area (Å²) in [7, 11) is 0. The van der Waals surface area contributed by atoms with Gasteiger partial charge in [0.25, 0.3) is 0 Å². The monoisotopic (exact) mass is 499 g/mol. The van der Waals surface area contributed by atoms with Crippen molar-refractivity contribution in [3.05, 3.63) is 40.0 Å². The quantitative estimate of drug-likeness (QED) is 0.541. The Morgan fingerprint density at radius 3 is 2.34 bits per heavy atom. The van der Waals surface area contributed by atoms with Gasteiger partial charge in [0, 0.05) is 69.3 Å². The topological polar surface area (TPSA) is 95.9 Å². The van der Waals surface area contributed by atoms with Crippen molar-refractivity contribution in [3.63, 3.8) is 0 Å². The van der Waals surface area contributed by atoms with Crippen LogP contribution in [0.15, 0.2) is 23.8 Å². The predicted octanol–water partition coefficient (Wildman–Crippen LogP) is 2.92. The fraction of sp³-hybridized carbons (Fsp3) is 0.560. The van der Waals surface area contributed by atoms with Crippen molar-refractivity contribution in [2.45, 2.75) is 46.5 Å². The highest BCUT2D eigenvalue weighted by atomic mass is 32.1. The molecule has 0 radical (unpaired) electrons. The van der Waals surface area contributed by atoms with E-state index in [9.17, 15) is 14.4 Å². The molecule has 2 fully saturated rings. The van der Waals surface area contributed by atoms with Crippen molar-refractivity contribution in [1.29, 1.82) is 0 Å². The normalized spacial score (nSPS) is 18.7. The summed E-state index contributed by atoms with van der Waals surface area (Å²) in [4.78, 5) is 52.5. The molecule has 0 unspecified atom stereocenters. The largest absolute Gasteiger partial charge is 0.416 e. The number of thiazole rings is 1. The minimum atomic E-state index is -0.393. The van der Waals surface area contributed by atoms with E-state index in [1.54, 1.807) is 28.5 Å². The molecule has 4 heterocycles. The van der Waals surface area contributed by atoms with Crippen LogP contribution in [0.25, 0.3) is 0 Å². The number of rotatable bonds is 7. The summed E-state index contributed by atoms with van der Waals surface area (Å²) in [5.41, 5.74) is 3.59. The molecule has 0 aliphatic carbocycles. The zero-order chi connectivity index (χ0) is 25.0. The number of piperazine rings is 1. The molecule has 2 aliphatic heterocycles. The number of pyridine rings is 1. The SMILES string of the molecule is Cc1ncsc1CCN1CCN(C(=O)Oc2ccc(CCN3C(=O)CC(C)(C)CC3=O)cn2)CC1. The van der Waals surface area contributed by atoms with Crippen molar-refractivity contribution in [3.8, 4) is 5.88 Å². The van der Waals surface area contributed by atoms with Gasteiger partial charge in [0.2, 0.25) is 17.7 Å². The number of aromatic nitrogens is 2. The smallest absolute Gasteiger partial charge is 0.391 e. The van der Waals surface area contributed by atoms with E-state index >= 15 is 0 Å². The van der Waals surface area contributed by atoms with Gasteiger partial charge >= 0.3 is 6.09 Å². The van der Waals surface area contributed by atoms with E-state index < -0.39 is 6.09 Å². The van der Waals surface area contributed by atoms with Crippen molar-refractivity contribution >= 4 is 29.2 Å². The zero-order valence-corrected chi connectivity index (χ0v) is 21.5. The molecule has 188 valence electrons. The van der Waals surface area contributed by atoms with Gasteiger partial charge in [-0.2, -0.15) is 0 Å². The fourth-order valence-electron chi connectivity index (χ4n) is 4.45. The lowest BCUT2D eigenvalue weighted by molar-refractivity contribution is -0.152. The molecule has 3 amide bonds. The minimum absolute atomic E-state index is 0.122. The Morgan fingerprint density at radius 1 is 1.03 bits per heavy atom. The number of ether oxygens (including phenoxy) is 1. The van der Waals surface area contributed by atoms with E-state index in [4.69, 9.17) is 4.74 Å². The fourth-order valence-corrected chi connectivity index (χ4v) is 5.23. The van der Waals surface area contributed by atoms with Crippen LogP contribution in [-0.2, 0) is 22.4 Å². The first-order valence-electron chi connectivity index (χ1n) is 12.1. The maximum atomic E-state index is 12.6. The summed E-state index contributed by atoms with van der Waals surface area (Å²) in [6.07, 6.45) is 3.50. The average molecular weight is 500 g/mol. The van der Waals surface area contributed by atoms with Gasteiger partial charge in [0.05, 0.1) is 11.2 Å². The Balaban J connectivity index is 1.19. The van der Waals surface area contributed by atoms with Gasteiger partial charge in [-0.15, -0.1) is 11.3 Å². The van der Waals surface area contributed by atoms with Crippen LogP contribution in [0.5, 0.6) is 5.88 Å². The van der Waals surface area contributed by atoms with Gasteiger partial charge in [-0.25, -0.2) is 14.8 Å². The molecule has 2 aromatic heterocycles. The third-order valence-corrected chi connectivity index (χ3v) is 7.60. The summed E-state index contributed by atoms with van der Waals surface area (Å²) in [5.74, 6) is 0.000671. The molecule has 0 aromatic carbocycles. The molecule has 0 spiro atoms. The van der Waals surface area contributed by atoms with Gasteiger partial charge in [0.1, 0.15) is 0 Å². The number of likely N-dealkylation sites (tertiary alicyclic amines) is 1. The maximum Gasteiger partial charge on any atom is 0.416 e. The molecule has 9 nitrogen and oxygen atoms in total. The average Bonchev–Trinajstić information content (AvgIpc) is 3.22. The first-order valence-corrected chi connectivity index (χ1v) is 12.9. The van der Waals surface area contributed by atoms with Crippen LogP contribution in [0.3, 0.4) is 0 Å². The first kappa shape index (κ1) is 25.2. The molecule has 2 aromatic rings.